The number of aliphatic carboxylic acids is 1. The number of carboxylic acid groups (broad SMARTS) is 1. The highest BCUT2D eigenvalue weighted by Gasteiger charge is 2.24. The van der Waals surface area contributed by atoms with Crippen LogP contribution in [0.3, 0.4) is 0 Å². The van der Waals surface area contributed by atoms with Crippen LogP contribution in [0.15, 0.2) is 12.3 Å². The summed E-state index contributed by atoms with van der Waals surface area (Å²) >= 11 is 0. The Labute approximate surface area is 94.0 Å². The average molecular weight is 224 g/mol. The lowest BCUT2D eigenvalue weighted by Gasteiger charge is -2.25. The number of ether oxygens (including phenoxy) is 1. The van der Waals surface area contributed by atoms with Crippen LogP contribution < -0.4 is 0 Å². The van der Waals surface area contributed by atoms with Gasteiger partial charge in [0, 0.05) is 12.8 Å². The van der Waals surface area contributed by atoms with Gasteiger partial charge in [0.05, 0.1) is 24.3 Å². The fraction of sp³-hybridized carbons (Fsp3) is 0.636. The molecular formula is C11H16N2O3. The summed E-state index contributed by atoms with van der Waals surface area (Å²) in [5.74, 6) is -1.34. The van der Waals surface area contributed by atoms with Crippen molar-refractivity contribution in [2.24, 2.45) is 0 Å². The Balaban J connectivity index is 2.20. The van der Waals surface area contributed by atoms with Crippen LogP contribution in [-0.2, 0) is 9.53 Å². The van der Waals surface area contributed by atoms with Gasteiger partial charge in [-0.15, -0.1) is 0 Å². The monoisotopic (exact) mass is 224 g/mol. The molecule has 1 aromatic heterocycles. The Kier molecular flexibility index (Phi) is 3.24. The molecule has 2 rings (SSSR count). The number of carbonyl (C=O) groups is 1. The summed E-state index contributed by atoms with van der Waals surface area (Å²) in [5.41, 5.74) is 0.753. The Morgan fingerprint density at radius 2 is 2.56 bits per heavy atom. The van der Waals surface area contributed by atoms with Gasteiger partial charge in [-0.2, -0.15) is 5.10 Å². The maximum Gasteiger partial charge on any atom is 0.312 e. The summed E-state index contributed by atoms with van der Waals surface area (Å²) in [5, 5.41) is 13.2. The van der Waals surface area contributed by atoms with E-state index in [1.807, 2.05) is 0 Å². The Bertz CT molecular complexity index is 369. The third kappa shape index (κ3) is 2.09. The van der Waals surface area contributed by atoms with Crippen LogP contribution >= 0.6 is 0 Å². The minimum absolute atomic E-state index is 0.181. The molecule has 1 aromatic rings. The van der Waals surface area contributed by atoms with E-state index in [0.717, 1.165) is 25.1 Å². The zero-order valence-corrected chi connectivity index (χ0v) is 9.30. The first-order valence-electron chi connectivity index (χ1n) is 5.54. The molecule has 16 heavy (non-hydrogen) atoms. The number of nitrogens with zero attached hydrogens (tertiary/aromatic N) is 2. The van der Waals surface area contributed by atoms with E-state index in [1.54, 1.807) is 23.9 Å². The van der Waals surface area contributed by atoms with E-state index in [-0.39, 0.29) is 6.04 Å². The molecule has 2 unspecified atom stereocenters. The van der Waals surface area contributed by atoms with Crippen molar-refractivity contribution in [1.82, 2.24) is 9.78 Å². The number of hydrogen-bond donors (Lipinski definition) is 1. The van der Waals surface area contributed by atoms with Crippen molar-refractivity contribution in [3.63, 3.8) is 0 Å². The van der Waals surface area contributed by atoms with Crippen molar-refractivity contribution < 1.29 is 14.6 Å². The van der Waals surface area contributed by atoms with Crippen molar-refractivity contribution >= 4 is 5.97 Å². The van der Waals surface area contributed by atoms with Gasteiger partial charge in [-0.3, -0.25) is 9.48 Å². The van der Waals surface area contributed by atoms with Crippen molar-refractivity contribution in [2.45, 2.75) is 31.7 Å². The highest BCUT2D eigenvalue weighted by atomic mass is 16.5. The molecule has 5 nitrogen and oxygen atoms in total. The molecule has 0 bridgehead atoms. The van der Waals surface area contributed by atoms with Gasteiger partial charge in [0.1, 0.15) is 0 Å². The molecule has 1 aliphatic rings. The summed E-state index contributed by atoms with van der Waals surface area (Å²) in [6.07, 6.45) is 3.66. The van der Waals surface area contributed by atoms with E-state index in [4.69, 9.17) is 9.84 Å². The average Bonchev–Trinajstić information content (AvgIpc) is 2.77. The van der Waals surface area contributed by atoms with E-state index in [2.05, 4.69) is 5.10 Å². The summed E-state index contributed by atoms with van der Waals surface area (Å²) in [4.78, 5) is 11.0. The first-order chi connectivity index (χ1) is 7.70. The Morgan fingerprint density at radius 1 is 1.75 bits per heavy atom. The molecule has 0 saturated carbocycles. The van der Waals surface area contributed by atoms with Crippen LogP contribution in [-0.4, -0.2) is 34.1 Å². The van der Waals surface area contributed by atoms with Gasteiger partial charge in [-0.1, -0.05) is 0 Å². The summed E-state index contributed by atoms with van der Waals surface area (Å²) in [6.45, 7) is 3.10. The van der Waals surface area contributed by atoms with Gasteiger partial charge in [0.2, 0.25) is 0 Å². The quantitative estimate of drug-likeness (QED) is 0.843. The zero-order valence-electron chi connectivity index (χ0n) is 9.30. The molecule has 2 atom stereocenters. The molecule has 0 radical (unpaired) electrons. The fourth-order valence-corrected chi connectivity index (χ4v) is 2.02. The summed E-state index contributed by atoms with van der Waals surface area (Å²) < 4.78 is 7.20. The molecular weight excluding hydrogens is 208 g/mol. The normalized spacial score (nSPS) is 22.9. The Hall–Kier alpha value is -1.36. The summed E-state index contributed by atoms with van der Waals surface area (Å²) in [7, 11) is 0. The molecule has 0 amide bonds. The van der Waals surface area contributed by atoms with Gasteiger partial charge in [0.15, 0.2) is 0 Å². The highest BCUT2D eigenvalue weighted by molar-refractivity contribution is 5.74. The molecule has 5 heteroatoms. The summed E-state index contributed by atoms with van der Waals surface area (Å²) in [6, 6.07) is 1.95. The predicted octanol–water partition coefficient (Wildman–Crippen LogP) is 1.42. The van der Waals surface area contributed by atoms with Crippen molar-refractivity contribution in [3.8, 4) is 0 Å². The maximum atomic E-state index is 11.0. The second-order valence-corrected chi connectivity index (χ2v) is 4.13. The molecule has 0 spiro atoms. The lowest BCUT2D eigenvalue weighted by molar-refractivity contribution is -0.138. The van der Waals surface area contributed by atoms with E-state index in [1.165, 1.54) is 0 Å². The van der Waals surface area contributed by atoms with Gasteiger partial charge in [0.25, 0.3) is 0 Å². The topological polar surface area (TPSA) is 64.3 Å². The van der Waals surface area contributed by atoms with Gasteiger partial charge < -0.3 is 9.84 Å². The SMILES string of the molecule is CC(C(=O)O)c1ccnn1C1CCCOC1. The number of carboxylic acids is 1. The molecule has 0 aromatic carbocycles. The standard InChI is InChI=1S/C11H16N2O3/c1-8(11(14)15)10-4-5-12-13(10)9-3-2-6-16-7-9/h4-5,8-9H,2-3,6-7H2,1H3,(H,14,15). The van der Waals surface area contributed by atoms with Crippen LogP contribution in [0.4, 0.5) is 0 Å². The van der Waals surface area contributed by atoms with Crippen molar-refractivity contribution in [2.75, 3.05) is 13.2 Å². The third-order valence-electron chi connectivity index (χ3n) is 3.00. The fourth-order valence-electron chi connectivity index (χ4n) is 2.02. The smallest absolute Gasteiger partial charge is 0.312 e. The molecule has 1 fully saturated rings. The van der Waals surface area contributed by atoms with Crippen LogP contribution in [0.25, 0.3) is 0 Å². The van der Waals surface area contributed by atoms with E-state index >= 15 is 0 Å². The first-order valence-corrected chi connectivity index (χ1v) is 5.54. The molecule has 1 N–H and O–H groups in total. The number of rotatable bonds is 3. The number of hydrogen-bond acceptors (Lipinski definition) is 3. The van der Waals surface area contributed by atoms with Crippen molar-refractivity contribution in [3.05, 3.63) is 18.0 Å². The largest absolute Gasteiger partial charge is 0.481 e. The minimum Gasteiger partial charge on any atom is -0.481 e. The third-order valence-corrected chi connectivity index (χ3v) is 3.00. The van der Waals surface area contributed by atoms with E-state index in [0.29, 0.717) is 6.61 Å². The second-order valence-electron chi connectivity index (χ2n) is 4.13. The Morgan fingerprint density at radius 3 is 3.19 bits per heavy atom. The van der Waals surface area contributed by atoms with E-state index in [9.17, 15) is 4.79 Å². The lowest BCUT2D eigenvalue weighted by Crippen LogP contribution is -2.25. The molecule has 2 heterocycles. The maximum absolute atomic E-state index is 11.0. The van der Waals surface area contributed by atoms with Gasteiger partial charge >= 0.3 is 5.97 Å². The lowest BCUT2D eigenvalue weighted by atomic mass is 10.1. The molecule has 88 valence electrons. The van der Waals surface area contributed by atoms with Crippen LogP contribution in [0.1, 0.15) is 37.4 Å². The first kappa shape index (κ1) is 11.1. The van der Waals surface area contributed by atoms with Crippen LogP contribution in [0.5, 0.6) is 0 Å². The van der Waals surface area contributed by atoms with E-state index < -0.39 is 11.9 Å². The zero-order chi connectivity index (χ0) is 11.5. The van der Waals surface area contributed by atoms with Gasteiger partial charge in [-0.25, -0.2) is 0 Å². The van der Waals surface area contributed by atoms with Crippen LogP contribution in [0, 0.1) is 0 Å². The number of aromatic nitrogens is 2. The molecule has 1 aliphatic heterocycles. The van der Waals surface area contributed by atoms with Crippen molar-refractivity contribution in [1.29, 1.82) is 0 Å². The predicted molar refractivity (Wildman–Crippen MR) is 57.4 cm³/mol. The molecule has 1 saturated heterocycles. The molecule has 0 aliphatic carbocycles. The van der Waals surface area contributed by atoms with Crippen LogP contribution in [0.2, 0.25) is 0 Å². The van der Waals surface area contributed by atoms with Gasteiger partial charge in [-0.05, 0) is 25.8 Å². The highest BCUT2D eigenvalue weighted by Crippen LogP contribution is 2.24. The second kappa shape index (κ2) is 4.65. The minimum atomic E-state index is -0.821.